The van der Waals surface area contributed by atoms with Crippen molar-refractivity contribution in [1.82, 2.24) is 10.2 Å². The first kappa shape index (κ1) is 16.2. The van der Waals surface area contributed by atoms with Crippen molar-refractivity contribution in [3.63, 3.8) is 0 Å². The van der Waals surface area contributed by atoms with Crippen LogP contribution >= 0.6 is 0 Å². The highest BCUT2D eigenvalue weighted by Gasteiger charge is 2.26. The summed E-state index contributed by atoms with van der Waals surface area (Å²) in [5.41, 5.74) is 6.29. The molecule has 0 aliphatic carbocycles. The second-order valence-electron chi connectivity index (χ2n) is 6.41. The van der Waals surface area contributed by atoms with Crippen molar-refractivity contribution in [1.29, 1.82) is 0 Å². The number of piperidine rings is 1. The van der Waals surface area contributed by atoms with E-state index in [1.807, 2.05) is 6.07 Å². The minimum absolute atomic E-state index is 0.195. The molecule has 1 aromatic rings. The van der Waals surface area contributed by atoms with Crippen molar-refractivity contribution in [3.05, 3.63) is 29.6 Å². The number of amides is 1. The molecule has 1 atom stereocenters. The highest BCUT2D eigenvalue weighted by molar-refractivity contribution is 5.75. The van der Waals surface area contributed by atoms with E-state index >= 15 is 0 Å². The molecule has 1 fully saturated rings. The van der Waals surface area contributed by atoms with Crippen molar-refractivity contribution in [2.45, 2.75) is 37.8 Å². The quantitative estimate of drug-likeness (QED) is 0.883. The van der Waals surface area contributed by atoms with Gasteiger partial charge in [0.2, 0.25) is 5.91 Å². The molecule has 2 heterocycles. The number of likely N-dealkylation sites (tertiary alicyclic amines) is 1. The maximum absolute atomic E-state index is 13.4. The molecule has 3 N–H and O–H groups in total. The summed E-state index contributed by atoms with van der Waals surface area (Å²) in [6.07, 6.45) is 3.91. The van der Waals surface area contributed by atoms with Crippen LogP contribution in [0.1, 0.15) is 37.3 Å². The molecule has 0 aromatic heterocycles. The molecule has 126 valence electrons. The molecule has 3 rings (SSSR count). The lowest BCUT2D eigenvalue weighted by molar-refractivity contribution is -0.119. The van der Waals surface area contributed by atoms with Gasteiger partial charge in [0.25, 0.3) is 0 Å². The SMILES string of the molecule is NC(=O)CN1CCC(N[C@@H]2CCCOc3cc(F)ccc32)CC1. The Labute approximate surface area is 136 Å². The van der Waals surface area contributed by atoms with Gasteiger partial charge in [-0.05, 0) is 31.7 Å². The Kier molecular flexibility index (Phi) is 5.13. The molecule has 0 bridgehead atoms. The minimum atomic E-state index is -0.270. The van der Waals surface area contributed by atoms with Gasteiger partial charge in [0.15, 0.2) is 0 Å². The fourth-order valence-corrected chi connectivity index (χ4v) is 3.48. The van der Waals surface area contributed by atoms with E-state index in [0.29, 0.717) is 24.9 Å². The number of ether oxygens (including phenoxy) is 1. The molecule has 2 aliphatic heterocycles. The largest absolute Gasteiger partial charge is 0.493 e. The predicted molar refractivity (Wildman–Crippen MR) is 85.7 cm³/mol. The number of hydrogen-bond acceptors (Lipinski definition) is 4. The lowest BCUT2D eigenvalue weighted by Gasteiger charge is -2.34. The summed E-state index contributed by atoms with van der Waals surface area (Å²) in [6, 6.07) is 5.40. The van der Waals surface area contributed by atoms with E-state index in [1.165, 1.54) is 12.1 Å². The highest BCUT2D eigenvalue weighted by atomic mass is 19.1. The number of fused-ring (bicyclic) bond motifs is 1. The number of nitrogens with zero attached hydrogens (tertiary/aromatic N) is 1. The number of halogens is 1. The summed E-state index contributed by atoms with van der Waals surface area (Å²) in [6.45, 7) is 2.72. The molecule has 6 heteroatoms. The number of carbonyl (C=O) groups excluding carboxylic acids is 1. The van der Waals surface area contributed by atoms with Gasteiger partial charge >= 0.3 is 0 Å². The second-order valence-corrected chi connectivity index (χ2v) is 6.41. The molecule has 1 amide bonds. The average molecular weight is 321 g/mol. The van der Waals surface area contributed by atoms with Crippen LogP contribution < -0.4 is 15.8 Å². The van der Waals surface area contributed by atoms with Crippen LogP contribution in [0.4, 0.5) is 4.39 Å². The molecule has 23 heavy (non-hydrogen) atoms. The normalized spacial score (nSPS) is 22.9. The first-order valence-corrected chi connectivity index (χ1v) is 8.31. The smallest absolute Gasteiger partial charge is 0.231 e. The zero-order valence-electron chi connectivity index (χ0n) is 13.3. The molecule has 1 saturated heterocycles. The molecule has 1 aromatic carbocycles. The first-order chi connectivity index (χ1) is 11.1. The molecule has 0 saturated carbocycles. The maximum atomic E-state index is 13.4. The van der Waals surface area contributed by atoms with Crippen LogP contribution in [-0.2, 0) is 4.79 Å². The summed E-state index contributed by atoms with van der Waals surface area (Å²) >= 11 is 0. The van der Waals surface area contributed by atoms with Crippen LogP contribution in [0.5, 0.6) is 5.75 Å². The highest BCUT2D eigenvalue weighted by Crippen LogP contribution is 2.33. The van der Waals surface area contributed by atoms with E-state index in [-0.39, 0.29) is 17.8 Å². The Morgan fingerprint density at radius 1 is 1.35 bits per heavy atom. The van der Waals surface area contributed by atoms with Gasteiger partial charge in [-0.2, -0.15) is 0 Å². The van der Waals surface area contributed by atoms with Crippen LogP contribution in [0.2, 0.25) is 0 Å². The van der Waals surface area contributed by atoms with Crippen LogP contribution in [-0.4, -0.2) is 43.1 Å². The van der Waals surface area contributed by atoms with Gasteiger partial charge in [-0.3, -0.25) is 9.69 Å². The minimum Gasteiger partial charge on any atom is -0.493 e. The fourth-order valence-electron chi connectivity index (χ4n) is 3.48. The van der Waals surface area contributed by atoms with Crippen molar-refractivity contribution in [2.75, 3.05) is 26.2 Å². The number of nitrogens with one attached hydrogen (secondary N) is 1. The molecule has 0 spiro atoms. The Hall–Kier alpha value is -1.66. The molecule has 0 unspecified atom stereocenters. The third kappa shape index (κ3) is 4.20. The van der Waals surface area contributed by atoms with Gasteiger partial charge in [0.1, 0.15) is 11.6 Å². The lowest BCUT2D eigenvalue weighted by Crippen LogP contribution is -2.46. The molecular weight excluding hydrogens is 297 g/mol. The number of primary amides is 1. The van der Waals surface area contributed by atoms with E-state index in [9.17, 15) is 9.18 Å². The van der Waals surface area contributed by atoms with Crippen LogP contribution in [0.3, 0.4) is 0 Å². The van der Waals surface area contributed by atoms with E-state index in [0.717, 1.165) is 44.3 Å². The van der Waals surface area contributed by atoms with Crippen LogP contribution in [0.15, 0.2) is 18.2 Å². The zero-order valence-corrected chi connectivity index (χ0v) is 13.3. The Balaban J connectivity index is 1.61. The maximum Gasteiger partial charge on any atom is 0.231 e. The summed E-state index contributed by atoms with van der Waals surface area (Å²) < 4.78 is 19.1. The summed E-state index contributed by atoms with van der Waals surface area (Å²) in [5.74, 6) is 0.128. The van der Waals surface area contributed by atoms with Gasteiger partial charge in [-0.15, -0.1) is 0 Å². The van der Waals surface area contributed by atoms with E-state index in [2.05, 4.69) is 10.2 Å². The monoisotopic (exact) mass is 321 g/mol. The van der Waals surface area contributed by atoms with Gasteiger partial charge in [-0.25, -0.2) is 4.39 Å². The van der Waals surface area contributed by atoms with Gasteiger partial charge in [0, 0.05) is 36.8 Å². The topological polar surface area (TPSA) is 67.6 Å². The first-order valence-electron chi connectivity index (χ1n) is 8.31. The third-order valence-electron chi connectivity index (χ3n) is 4.65. The Morgan fingerprint density at radius 2 is 2.13 bits per heavy atom. The fraction of sp³-hybridized carbons (Fsp3) is 0.588. The third-order valence-corrected chi connectivity index (χ3v) is 4.65. The van der Waals surface area contributed by atoms with Crippen LogP contribution in [0.25, 0.3) is 0 Å². The summed E-state index contributed by atoms with van der Waals surface area (Å²) in [5, 5.41) is 3.70. The van der Waals surface area contributed by atoms with Gasteiger partial charge in [-0.1, -0.05) is 6.07 Å². The Bertz CT molecular complexity index is 559. The van der Waals surface area contributed by atoms with Crippen molar-refractivity contribution in [3.8, 4) is 5.75 Å². The molecular formula is C17H24FN3O2. The average Bonchev–Trinajstić information content (AvgIpc) is 2.71. The lowest BCUT2D eigenvalue weighted by atomic mass is 9.98. The predicted octanol–water partition coefficient (Wildman–Crippen LogP) is 1.58. The molecule has 2 aliphatic rings. The Morgan fingerprint density at radius 3 is 2.87 bits per heavy atom. The van der Waals surface area contributed by atoms with E-state index in [4.69, 9.17) is 10.5 Å². The zero-order chi connectivity index (χ0) is 16.2. The molecule has 5 nitrogen and oxygen atoms in total. The van der Waals surface area contributed by atoms with Gasteiger partial charge < -0.3 is 15.8 Å². The van der Waals surface area contributed by atoms with E-state index in [1.54, 1.807) is 0 Å². The van der Waals surface area contributed by atoms with Gasteiger partial charge in [0.05, 0.1) is 13.2 Å². The summed E-state index contributed by atoms with van der Waals surface area (Å²) in [7, 11) is 0. The number of benzene rings is 1. The standard InChI is InChI=1S/C17H24FN3O2/c18-12-3-4-14-15(2-1-9-23-16(14)10-12)20-13-5-7-21(8-6-13)11-17(19)22/h3-4,10,13,15,20H,1-2,5-9,11H2,(H2,19,22)/t15-/m1/s1. The van der Waals surface area contributed by atoms with Crippen molar-refractivity contribution in [2.24, 2.45) is 5.73 Å². The number of carbonyl (C=O) groups is 1. The number of rotatable bonds is 4. The van der Waals surface area contributed by atoms with Crippen molar-refractivity contribution >= 4 is 5.91 Å². The second kappa shape index (κ2) is 7.27. The number of hydrogen-bond donors (Lipinski definition) is 2. The number of nitrogens with two attached hydrogens (primary N) is 1. The van der Waals surface area contributed by atoms with Crippen molar-refractivity contribution < 1.29 is 13.9 Å². The molecule has 0 radical (unpaired) electrons. The van der Waals surface area contributed by atoms with Crippen LogP contribution in [0, 0.1) is 5.82 Å². The summed E-state index contributed by atoms with van der Waals surface area (Å²) in [4.78, 5) is 13.1. The van der Waals surface area contributed by atoms with E-state index < -0.39 is 0 Å².